The van der Waals surface area contributed by atoms with Crippen molar-refractivity contribution in [1.29, 1.82) is 0 Å². The van der Waals surface area contributed by atoms with Crippen LogP contribution >= 0.6 is 15.9 Å². The number of rotatable bonds is 5. The van der Waals surface area contributed by atoms with Crippen molar-refractivity contribution >= 4 is 21.9 Å². The quantitative estimate of drug-likeness (QED) is 0.908. The maximum atomic E-state index is 11.2. The summed E-state index contributed by atoms with van der Waals surface area (Å²) in [5.41, 5.74) is 0. The molecule has 1 unspecified atom stereocenters. The minimum Gasteiger partial charge on any atom is -0.480 e. The van der Waals surface area contributed by atoms with Crippen molar-refractivity contribution in [2.75, 3.05) is 0 Å². The van der Waals surface area contributed by atoms with Crippen molar-refractivity contribution in [3.8, 4) is 11.6 Å². The molecule has 2 rings (SSSR count). The molecule has 0 aliphatic carbocycles. The molecule has 2 heterocycles. The van der Waals surface area contributed by atoms with E-state index in [4.69, 9.17) is 4.42 Å². The third kappa shape index (κ3) is 2.42. The number of carbonyl (C=O) groups is 1. The Kier molecular flexibility index (Phi) is 3.75. The number of carboxylic acids is 1. The molecule has 0 saturated heterocycles. The molecular formula is C10H11BrN4O3. The van der Waals surface area contributed by atoms with E-state index in [0.29, 0.717) is 22.7 Å². The molecule has 0 aliphatic heterocycles. The van der Waals surface area contributed by atoms with Crippen LogP contribution in [-0.4, -0.2) is 31.3 Å². The summed E-state index contributed by atoms with van der Waals surface area (Å²) in [5, 5.41) is 20.3. The van der Waals surface area contributed by atoms with Gasteiger partial charge in [0.15, 0.2) is 16.5 Å². The highest BCUT2D eigenvalue weighted by atomic mass is 79.9. The van der Waals surface area contributed by atoms with Gasteiger partial charge in [0.2, 0.25) is 5.82 Å². The summed E-state index contributed by atoms with van der Waals surface area (Å²) >= 11 is 3.18. The number of hydrogen-bond donors (Lipinski definition) is 1. The number of aromatic nitrogens is 4. The van der Waals surface area contributed by atoms with Crippen LogP contribution in [-0.2, 0) is 4.79 Å². The minimum absolute atomic E-state index is 0.307. The van der Waals surface area contributed by atoms with E-state index in [9.17, 15) is 9.90 Å². The molecule has 0 radical (unpaired) electrons. The fourth-order valence-electron chi connectivity index (χ4n) is 1.62. The van der Waals surface area contributed by atoms with Gasteiger partial charge in [-0.15, -0.1) is 5.10 Å². The average molecular weight is 315 g/mol. The van der Waals surface area contributed by atoms with Gasteiger partial charge in [-0.25, -0.2) is 9.48 Å². The molecule has 0 spiro atoms. The normalized spacial score (nSPS) is 12.6. The third-order valence-corrected chi connectivity index (χ3v) is 2.85. The van der Waals surface area contributed by atoms with Crippen LogP contribution in [0.4, 0.5) is 0 Å². The number of carboxylic acid groups (broad SMARTS) is 1. The summed E-state index contributed by atoms with van der Waals surface area (Å²) < 4.78 is 7.15. The Morgan fingerprint density at radius 1 is 1.61 bits per heavy atom. The molecule has 18 heavy (non-hydrogen) atoms. The lowest BCUT2D eigenvalue weighted by molar-refractivity contribution is -0.141. The van der Waals surface area contributed by atoms with Crippen molar-refractivity contribution in [3.63, 3.8) is 0 Å². The molecule has 1 atom stereocenters. The number of halogens is 1. The van der Waals surface area contributed by atoms with Gasteiger partial charge in [0.05, 0.1) is 0 Å². The molecule has 0 aliphatic rings. The van der Waals surface area contributed by atoms with Crippen molar-refractivity contribution in [2.45, 2.75) is 25.8 Å². The maximum Gasteiger partial charge on any atom is 0.328 e. The van der Waals surface area contributed by atoms with Crippen molar-refractivity contribution in [1.82, 2.24) is 20.2 Å². The zero-order valence-corrected chi connectivity index (χ0v) is 11.2. The molecule has 0 saturated carbocycles. The molecule has 7 nitrogen and oxygen atoms in total. The Morgan fingerprint density at radius 3 is 2.94 bits per heavy atom. The third-order valence-electron chi connectivity index (χ3n) is 2.43. The average Bonchev–Trinajstić information content (AvgIpc) is 2.93. The lowest BCUT2D eigenvalue weighted by Crippen LogP contribution is -2.21. The molecule has 0 aromatic carbocycles. The fraction of sp³-hybridized carbons (Fsp3) is 0.400. The molecular weight excluding hydrogens is 304 g/mol. The van der Waals surface area contributed by atoms with Gasteiger partial charge in [-0.3, -0.25) is 0 Å². The number of aliphatic carboxylic acids is 1. The van der Waals surface area contributed by atoms with Crippen LogP contribution in [0.3, 0.4) is 0 Å². The van der Waals surface area contributed by atoms with Crippen molar-refractivity contribution in [2.24, 2.45) is 0 Å². The molecule has 0 amide bonds. The number of nitrogens with zero attached hydrogens (tertiary/aromatic N) is 4. The number of tetrazole rings is 1. The van der Waals surface area contributed by atoms with Gasteiger partial charge >= 0.3 is 5.97 Å². The second-order valence-corrected chi connectivity index (χ2v) is 4.48. The molecule has 8 heteroatoms. The molecule has 0 bridgehead atoms. The van der Waals surface area contributed by atoms with E-state index < -0.39 is 12.0 Å². The smallest absolute Gasteiger partial charge is 0.328 e. The Bertz CT molecular complexity index is 551. The fourth-order valence-corrected chi connectivity index (χ4v) is 1.93. The van der Waals surface area contributed by atoms with E-state index in [2.05, 4.69) is 31.5 Å². The first-order valence-corrected chi connectivity index (χ1v) is 6.19. The lowest BCUT2D eigenvalue weighted by Gasteiger charge is -2.11. The Hall–Kier alpha value is -1.70. The monoisotopic (exact) mass is 314 g/mol. The van der Waals surface area contributed by atoms with E-state index in [0.717, 1.165) is 6.42 Å². The van der Waals surface area contributed by atoms with Crippen LogP contribution in [0.15, 0.2) is 21.2 Å². The second kappa shape index (κ2) is 5.30. The predicted octanol–water partition coefficient (Wildman–Crippen LogP) is 2.12. The van der Waals surface area contributed by atoms with Gasteiger partial charge in [0.25, 0.3) is 0 Å². The van der Waals surface area contributed by atoms with Crippen LogP contribution in [0, 0.1) is 0 Å². The van der Waals surface area contributed by atoms with E-state index in [1.807, 2.05) is 6.92 Å². The maximum absolute atomic E-state index is 11.2. The van der Waals surface area contributed by atoms with Crippen LogP contribution in [0.5, 0.6) is 0 Å². The molecule has 96 valence electrons. The number of furan rings is 1. The van der Waals surface area contributed by atoms with Gasteiger partial charge in [-0.2, -0.15) is 0 Å². The topological polar surface area (TPSA) is 94.0 Å². The summed E-state index contributed by atoms with van der Waals surface area (Å²) in [6.07, 6.45) is 1.17. The summed E-state index contributed by atoms with van der Waals surface area (Å²) in [5.74, 6) is -0.230. The highest BCUT2D eigenvalue weighted by molar-refractivity contribution is 9.10. The van der Waals surface area contributed by atoms with Gasteiger partial charge in [-0.1, -0.05) is 13.3 Å². The van der Waals surface area contributed by atoms with Crippen molar-refractivity contribution < 1.29 is 14.3 Å². The summed E-state index contributed by atoms with van der Waals surface area (Å²) in [7, 11) is 0. The molecule has 2 aromatic heterocycles. The lowest BCUT2D eigenvalue weighted by atomic mass is 10.1. The van der Waals surface area contributed by atoms with Crippen LogP contribution in [0.2, 0.25) is 0 Å². The van der Waals surface area contributed by atoms with Gasteiger partial charge in [-0.05, 0) is 44.9 Å². The van der Waals surface area contributed by atoms with Gasteiger partial charge < -0.3 is 9.52 Å². The Labute approximate surface area is 111 Å². The van der Waals surface area contributed by atoms with Gasteiger partial charge in [0.1, 0.15) is 0 Å². The molecule has 2 aromatic rings. The minimum atomic E-state index is -0.962. The van der Waals surface area contributed by atoms with E-state index in [-0.39, 0.29) is 0 Å². The predicted molar refractivity (Wildman–Crippen MR) is 64.8 cm³/mol. The van der Waals surface area contributed by atoms with E-state index in [1.165, 1.54) is 4.68 Å². The van der Waals surface area contributed by atoms with Crippen LogP contribution in [0.1, 0.15) is 25.8 Å². The zero-order valence-electron chi connectivity index (χ0n) is 9.58. The first-order chi connectivity index (χ1) is 8.63. The van der Waals surface area contributed by atoms with Gasteiger partial charge in [0, 0.05) is 0 Å². The molecule has 1 N–H and O–H groups in total. The largest absolute Gasteiger partial charge is 0.480 e. The first kappa shape index (κ1) is 12.7. The van der Waals surface area contributed by atoms with Crippen molar-refractivity contribution in [3.05, 3.63) is 16.8 Å². The summed E-state index contributed by atoms with van der Waals surface area (Å²) in [6.45, 7) is 1.91. The Balaban J connectivity index is 2.40. The van der Waals surface area contributed by atoms with Crippen LogP contribution < -0.4 is 0 Å². The molecule has 0 fully saturated rings. The second-order valence-electron chi connectivity index (χ2n) is 3.69. The Morgan fingerprint density at radius 2 is 2.39 bits per heavy atom. The van der Waals surface area contributed by atoms with E-state index in [1.54, 1.807) is 12.1 Å². The summed E-state index contributed by atoms with van der Waals surface area (Å²) in [4.78, 5) is 11.2. The van der Waals surface area contributed by atoms with Crippen LogP contribution in [0.25, 0.3) is 11.6 Å². The van der Waals surface area contributed by atoms with E-state index >= 15 is 0 Å². The highest BCUT2D eigenvalue weighted by Crippen LogP contribution is 2.25. The first-order valence-electron chi connectivity index (χ1n) is 5.40. The SMILES string of the molecule is CCCC(C(=O)O)n1nnnc1-c1ccc(Br)o1. The zero-order chi connectivity index (χ0) is 13.1. The number of hydrogen-bond acceptors (Lipinski definition) is 5. The standard InChI is InChI=1S/C10H11BrN4O3/c1-2-3-6(10(16)17)15-9(12-13-14-15)7-4-5-8(11)18-7/h4-6H,2-3H2,1H3,(H,16,17). The summed E-state index contributed by atoms with van der Waals surface area (Å²) in [6, 6.07) is 2.59. The highest BCUT2D eigenvalue weighted by Gasteiger charge is 2.25.